The van der Waals surface area contributed by atoms with Gasteiger partial charge in [0.15, 0.2) is 12.1 Å². The van der Waals surface area contributed by atoms with Crippen LogP contribution in [0.25, 0.3) is 11.3 Å². The fourth-order valence-corrected chi connectivity index (χ4v) is 9.08. The summed E-state index contributed by atoms with van der Waals surface area (Å²) in [5.74, 6) is -2.80. The van der Waals surface area contributed by atoms with Crippen molar-refractivity contribution in [3.63, 3.8) is 0 Å². The predicted molar refractivity (Wildman–Crippen MR) is 249 cm³/mol. The number of allylic oxidation sites excluding steroid dienone is 3. The summed E-state index contributed by atoms with van der Waals surface area (Å²) in [6.07, 6.45) is 1.11. The Bertz CT molecular complexity index is 1940. The van der Waals surface area contributed by atoms with Crippen molar-refractivity contribution in [2.75, 3.05) is 33.8 Å². The van der Waals surface area contributed by atoms with Crippen LogP contribution in [-0.2, 0) is 36.9 Å². The maximum atomic E-state index is 13.9. The summed E-state index contributed by atoms with van der Waals surface area (Å²) in [5.41, 5.74) is 3.63. The van der Waals surface area contributed by atoms with Gasteiger partial charge in [-0.2, -0.15) is 0 Å². The van der Waals surface area contributed by atoms with Crippen LogP contribution in [0.2, 0.25) is 0 Å². The molecule has 3 heterocycles. The van der Waals surface area contributed by atoms with Crippen LogP contribution in [0.4, 0.5) is 0 Å². The first-order chi connectivity index (χ1) is 30.1. The number of rotatable bonds is 14. The van der Waals surface area contributed by atoms with Crippen LogP contribution in [0.5, 0.6) is 0 Å². The van der Waals surface area contributed by atoms with Crippen LogP contribution >= 0.6 is 22.6 Å². The van der Waals surface area contributed by atoms with E-state index in [9.17, 15) is 30.0 Å². The van der Waals surface area contributed by atoms with Crippen LogP contribution in [0, 0.1) is 27.2 Å². The molecule has 12 atom stereocenters. The van der Waals surface area contributed by atoms with Crippen molar-refractivity contribution < 1.29 is 44.2 Å². The van der Waals surface area contributed by atoms with E-state index in [2.05, 4.69) is 62.1 Å². The molecule has 1 saturated heterocycles. The maximum absolute atomic E-state index is 13.9. The number of likely N-dealkylation sites (N-methyl/N-ethyl adjacent to an activating group) is 1. The van der Waals surface area contributed by atoms with E-state index in [1.807, 2.05) is 68.1 Å². The fourth-order valence-electron chi connectivity index (χ4n) is 8.72. The number of ketones is 1. The molecule has 5 rings (SSSR count). The molecule has 0 saturated carbocycles. The highest BCUT2D eigenvalue weighted by Crippen LogP contribution is 2.35. The molecule has 0 amide bonds. The van der Waals surface area contributed by atoms with Crippen LogP contribution < -0.4 is 0 Å². The molecule has 2 aliphatic heterocycles. The molecule has 2 aliphatic rings. The lowest BCUT2D eigenvalue weighted by molar-refractivity contribution is -0.304. The molecular formula is C48H68IN5O9. The second kappa shape index (κ2) is 24.2. The average molecular weight is 986 g/mol. The van der Waals surface area contributed by atoms with Crippen molar-refractivity contribution >= 4 is 34.3 Å². The molecule has 0 aliphatic carbocycles. The molecule has 0 bridgehead atoms. The lowest BCUT2D eigenvalue weighted by atomic mass is 9.79. The highest BCUT2D eigenvalue weighted by Gasteiger charge is 2.47. The van der Waals surface area contributed by atoms with E-state index < -0.39 is 78.6 Å². The highest BCUT2D eigenvalue weighted by atomic mass is 127. The number of ether oxygens (including phenoxy) is 3. The number of halogens is 1. The summed E-state index contributed by atoms with van der Waals surface area (Å²) < 4.78 is 21.9. The zero-order chi connectivity index (χ0) is 45.8. The van der Waals surface area contributed by atoms with Gasteiger partial charge in [-0.3, -0.25) is 19.2 Å². The Hall–Kier alpha value is -3.39. The second-order valence-corrected chi connectivity index (χ2v) is 18.9. The van der Waals surface area contributed by atoms with Crippen LogP contribution in [-0.4, -0.2) is 140 Å². The first kappa shape index (κ1) is 50.6. The number of cyclic esters (lactones) is 1. The highest BCUT2D eigenvalue weighted by molar-refractivity contribution is 14.1. The Labute approximate surface area is 386 Å². The normalized spacial score (nSPS) is 31.7. The van der Waals surface area contributed by atoms with Gasteiger partial charge in [0, 0.05) is 40.0 Å². The van der Waals surface area contributed by atoms with Crippen LogP contribution in [0.1, 0.15) is 65.9 Å². The standard InChI is InChI=1S/C48H68IN5O9/c1-8-42-37(29-55)24-30(2)14-19-40(56)31(3)25-36(47(32(4)41(57)26-43(58)62-42)63-48-46(60)44(52(6)7)45(59)33(5)61-48)20-21-53(27-34-15-17-38(49)18-16-34)22-23-54-28-39(50-51-54)35-12-10-9-11-13-35/h9-19,24,28,31-33,36-37,41-42,44-48,55,57,59-60H,8,20-23,25-27,29H2,1-7H3/b19-14+,30-24+/t31-,32+,33-,36+,37-,41-,42-,44?,45-,46?,47-,48+/m1/s1. The number of aromatic nitrogens is 3. The van der Waals surface area contributed by atoms with Gasteiger partial charge in [0.25, 0.3) is 0 Å². The van der Waals surface area contributed by atoms with Crippen molar-refractivity contribution in [3.8, 4) is 11.3 Å². The number of hydrogen-bond acceptors (Lipinski definition) is 13. The summed E-state index contributed by atoms with van der Waals surface area (Å²) in [6, 6.07) is 17.6. The van der Waals surface area contributed by atoms with Gasteiger partial charge in [-0.1, -0.05) is 86.2 Å². The third-order valence-electron chi connectivity index (χ3n) is 12.6. The Kier molecular flexibility index (Phi) is 19.5. The molecule has 4 N–H and O–H groups in total. The van der Waals surface area contributed by atoms with Gasteiger partial charge in [-0.15, -0.1) is 5.10 Å². The molecule has 63 heavy (non-hydrogen) atoms. The van der Waals surface area contributed by atoms with E-state index in [-0.39, 0.29) is 18.8 Å². The molecule has 15 heteroatoms. The molecule has 14 nitrogen and oxygen atoms in total. The largest absolute Gasteiger partial charge is 0.462 e. The number of benzene rings is 2. The summed E-state index contributed by atoms with van der Waals surface area (Å²) in [7, 11) is 3.54. The molecule has 0 radical (unpaired) electrons. The van der Waals surface area contributed by atoms with Crippen LogP contribution in [0.15, 0.2) is 84.6 Å². The fraction of sp³-hybridized carbons (Fsp3) is 0.583. The van der Waals surface area contributed by atoms with Crippen molar-refractivity contribution in [1.29, 1.82) is 0 Å². The Morgan fingerprint density at radius 3 is 2.35 bits per heavy atom. The number of nitrogens with zero attached hydrogens (tertiary/aromatic N) is 5. The number of aliphatic hydroxyl groups is 4. The second-order valence-electron chi connectivity index (χ2n) is 17.6. The zero-order valence-electron chi connectivity index (χ0n) is 37.7. The Morgan fingerprint density at radius 2 is 1.68 bits per heavy atom. The molecule has 346 valence electrons. The van der Waals surface area contributed by atoms with Gasteiger partial charge in [-0.05, 0) is 106 Å². The molecule has 1 aromatic heterocycles. The van der Waals surface area contributed by atoms with Gasteiger partial charge in [0.05, 0.1) is 56.2 Å². The summed E-state index contributed by atoms with van der Waals surface area (Å²) in [6.45, 7) is 11.2. The van der Waals surface area contributed by atoms with Gasteiger partial charge >= 0.3 is 5.97 Å². The van der Waals surface area contributed by atoms with E-state index in [4.69, 9.17) is 14.2 Å². The van der Waals surface area contributed by atoms with E-state index in [1.165, 1.54) is 0 Å². The Balaban J connectivity index is 1.51. The summed E-state index contributed by atoms with van der Waals surface area (Å²) in [4.78, 5) is 31.5. The SMILES string of the molecule is CC[C@H]1OC(=O)C[C@@H](O)[C@H](C)[C@@H](O[C@@H]2O[C@H](C)[C@@H](O)C(N(C)C)C2O)[C@@H](CCN(CCn2cc(-c3ccccc3)nn2)Cc2ccc(I)cc2)C[C@@H](C)C(=O)/C=C/C(C)=C/[C@@H]1CO. The predicted octanol–water partition coefficient (Wildman–Crippen LogP) is 5.27. The number of esters is 1. The minimum absolute atomic E-state index is 0.0969. The topological polar surface area (TPSA) is 180 Å². The minimum atomic E-state index is -1.26. The molecule has 2 aromatic carbocycles. The molecule has 3 aromatic rings. The molecule has 1 fully saturated rings. The molecular weight excluding hydrogens is 917 g/mol. The lowest BCUT2D eigenvalue weighted by Crippen LogP contribution is -2.63. The lowest BCUT2D eigenvalue weighted by Gasteiger charge is -2.46. The third kappa shape index (κ3) is 14.3. The average Bonchev–Trinajstić information content (AvgIpc) is 3.74. The van der Waals surface area contributed by atoms with Crippen molar-refractivity contribution in [2.45, 2.75) is 122 Å². The van der Waals surface area contributed by atoms with Gasteiger partial charge in [0.1, 0.15) is 17.9 Å². The van der Waals surface area contributed by atoms with Crippen molar-refractivity contribution in [1.82, 2.24) is 24.8 Å². The smallest absolute Gasteiger partial charge is 0.308 e. The minimum Gasteiger partial charge on any atom is -0.462 e. The Morgan fingerprint density at radius 1 is 0.968 bits per heavy atom. The van der Waals surface area contributed by atoms with Crippen molar-refractivity contribution in [3.05, 3.63) is 93.7 Å². The van der Waals surface area contributed by atoms with Crippen molar-refractivity contribution in [2.24, 2.45) is 23.7 Å². The zero-order valence-corrected chi connectivity index (χ0v) is 39.9. The van der Waals surface area contributed by atoms with E-state index in [0.29, 0.717) is 45.4 Å². The van der Waals surface area contributed by atoms with E-state index in [0.717, 1.165) is 26.0 Å². The van der Waals surface area contributed by atoms with E-state index in [1.54, 1.807) is 45.0 Å². The van der Waals surface area contributed by atoms with Gasteiger partial charge in [0.2, 0.25) is 0 Å². The third-order valence-corrected chi connectivity index (χ3v) is 13.3. The number of aliphatic hydroxyl groups excluding tert-OH is 4. The number of carbonyl (C=O) groups excluding carboxylic acids is 2. The van der Waals surface area contributed by atoms with Crippen LogP contribution in [0.3, 0.4) is 0 Å². The summed E-state index contributed by atoms with van der Waals surface area (Å²) in [5, 5.41) is 53.8. The van der Waals surface area contributed by atoms with E-state index >= 15 is 0 Å². The maximum Gasteiger partial charge on any atom is 0.308 e. The van der Waals surface area contributed by atoms with Gasteiger partial charge < -0.3 is 39.5 Å². The number of carbonyl (C=O) groups is 2. The first-order valence-corrected chi connectivity index (χ1v) is 23.3. The molecule has 0 spiro atoms. The van der Waals surface area contributed by atoms with Gasteiger partial charge in [-0.25, -0.2) is 0 Å². The first-order valence-electron chi connectivity index (χ1n) is 22.2. The number of hydrogen-bond donors (Lipinski definition) is 4. The monoisotopic (exact) mass is 985 g/mol. The quantitative estimate of drug-likeness (QED) is 0.121. The molecule has 2 unspecified atom stereocenters. The summed E-state index contributed by atoms with van der Waals surface area (Å²) >= 11 is 2.30.